The van der Waals surface area contributed by atoms with Crippen LogP contribution in [0, 0.1) is 0 Å². The van der Waals surface area contributed by atoms with Crippen LogP contribution in [-0.2, 0) is 29.2 Å². The fraction of sp³-hybridized carbons (Fsp3) is 0.381. The number of amides is 4. The van der Waals surface area contributed by atoms with Crippen LogP contribution in [-0.4, -0.2) is 56.9 Å². The van der Waals surface area contributed by atoms with Crippen molar-refractivity contribution >= 4 is 23.6 Å². The molecule has 4 amide bonds. The Kier molecular flexibility index (Phi) is 4.87. The van der Waals surface area contributed by atoms with E-state index in [-0.39, 0.29) is 30.4 Å². The largest absolute Gasteiger partial charge is 0.310 e. The molecule has 0 saturated carbocycles. The maximum atomic E-state index is 12.9. The van der Waals surface area contributed by atoms with Gasteiger partial charge in [-0.25, -0.2) is 0 Å². The highest BCUT2D eigenvalue weighted by Crippen LogP contribution is 2.28. The van der Waals surface area contributed by atoms with E-state index in [1.165, 1.54) is 0 Å². The monoisotopic (exact) mass is 422 g/mol. The zero-order valence-corrected chi connectivity index (χ0v) is 16.8. The SMILES string of the molecule is O=C1CCC(N2C(=O)c3ccc(CNC4CNCc5ccnn5C4)cc3C2=O)C(=O)N1. The van der Waals surface area contributed by atoms with E-state index < -0.39 is 23.8 Å². The molecule has 10 heteroatoms. The average Bonchev–Trinajstić information content (AvgIpc) is 3.22. The minimum absolute atomic E-state index is 0.104. The molecule has 1 aromatic heterocycles. The summed E-state index contributed by atoms with van der Waals surface area (Å²) in [7, 11) is 0. The van der Waals surface area contributed by atoms with Crippen LogP contribution >= 0.6 is 0 Å². The van der Waals surface area contributed by atoms with Crippen LogP contribution in [0.1, 0.15) is 44.8 Å². The fourth-order valence-corrected chi connectivity index (χ4v) is 4.35. The number of nitrogens with one attached hydrogen (secondary N) is 3. The number of benzene rings is 1. The maximum Gasteiger partial charge on any atom is 0.262 e. The van der Waals surface area contributed by atoms with Crippen LogP contribution in [0.4, 0.5) is 0 Å². The van der Waals surface area contributed by atoms with Gasteiger partial charge in [0.05, 0.1) is 23.4 Å². The molecular weight excluding hydrogens is 400 g/mol. The zero-order chi connectivity index (χ0) is 21.5. The van der Waals surface area contributed by atoms with Crippen molar-refractivity contribution in [3.8, 4) is 0 Å². The van der Waals surface area contributed by atoms with Crippen LogP contribution in [0.15, 0.2) is 30.5 Å². The minimum atomic E-state index is -0.952. The van der Waals surface area contributed by atoms with Crippen molar-refractivity contribution in [2.24, 2.45) is 0 Å². The number of imide groups is 2. The summed E-state index contributed by atoms with van der Waals surface area (Å²) in [6.45, 7) is 2.82. The van der Waals surface area contributed by atoms with E-state index in [4.69, 9.17) is 0 Å². The predicted octanol–water partition coefficient (Wildman–Crippen LogP) is -0.454. The lowest BCUT2D eigenvalue weighted by atomic mass is 10.0. The lowest BCUT2D eigenvalue weighted by Gasteiger charge is -2.27. The van der Waals surface area contributed by atoms with Gasteiger partial charge in [0.2, 0.25) is 11.8 Å². The third-order valence-electron chi connectivity index (χ3n) is 5.99. The van der Waals surface area contributed by atoms with Crippen LogP contribution in [0.25, 0.3) is 0 Å². The van der Waals surface area contributed by atoms with E-state index in [1.54, 1.807) is 18.3 Å². The number of hydrogen-bond acceptors (Lipinski definition) is 7. The lowest BCUT2D eigenvalue weighted by Crippen LogP contribution is -2.54. The zero-order valence-electron chi connectivity index (χ0n) is 16.8. The Labute approximate surface area is 178 Å². The molecule has 10 nitrogen and oxygen atoms in total. The van der Waals surface area contributed by atoms with Gasteiger partial charge in [0.25, 0.3) is 11.8 Å². The quantitative estimate of drug-likeness (QED) is 0.570. The highest BCUT2D eigenvalue weighted by molar-refractivity contribution is 6.23. The first kappa shape index (κ1) is 19.6. The molecular formula is C21H22N6O4. The summed E-state index contributed by atoms with van der Waals surface area (Å²) in [4.78, 5) is 50.3. The third-order valence-corrected chi connectivity index (χ3v) is 5.99. The van der Waals surface area contributed by atoms with Crippen molar-refractivity contribution < 1.29 is 19.2 Å². The van der Waals surface area contributed by atoms with E-state index in [0.717, 1.165) is 35.8 Å². The summed E-state index contributed by atoms with van der Waals surface area (Å²) in [6.07, 6.45) is 2.04. The van der Waals surface area contributed by atoms with Gasteiger partial charge in [0.1, 0.15) is 6.04 Å². The maximum absolute atomic E-state index is 12.9. The van der Waals surface area contributed by atoms with Crippen LogP contribution in [0.2, 0.25) is 0 Å². The summed E-state index contributed by atoms with van der Waals surface area (Å²) in [5.41, 5.74) is 2.59. The second kappa shape index (κ2) is 7.71. The van der Waals surface area contributed by atoms with E-state index in [2.05, 4.69) is 21.0 Å². The Morgan fingerprint density at radius 2 is 1.94 bits per heavy atom. The lowest BCUT2D eigenvalue weighted by molar-refractivity contribution is -0.136. The molecule has 4 heterocycles. The van der Waals surface area contributed by atoms with Crippen molar-refractivity contribution in [2.75, 3.05) is 6.54 Å². The third kappa shape index (κ3) is 3.53. The normalized spacial score (nSPS) is 23.4. The van der Waals surface area contributed by atoms with Gasteiger partial charge in [-0.05, 0) is 30.2 Å². The van der Waals surface area contributed by atoms with Gasteiger partial charge >= 0.3 is 0 Å². The summed E-state index contributed by atoms with van der Waals surface area (Å²) in [5.74, 6) is -1.98. The standard InChI is InChI=1S/C21H22N6O4/c28-18-4-3-17(19(29)25-18)27-20(30)15-2-1-12(7-16(15)21(27)31)8-23-13-9-22-10-14-5-6-24-26(14)11-13/h1-2,5-7,13,17,22-23H,3-4,8-11H2,(H,25,28,29). The van der Waals surface area contributed by atoms with E-state index in [9.17, 15) is 19.2 Å². The predicted molar refractivity (Wildman–Crippen MR) is 108 cm³/mol. The van der Waals surface area contributed by atoms with E-state index in [0.29, 0.717) is 12.1 Å². The highest BCUT2D eigenvalue weighted by Gasteiger charge is 2.44. The van der Waals surface area contributed by atoms with Gasteiger partial charge < -0.3 is 10.6 Å². The second-order valence-electron chi connectivity index (χ2n) is 8.04. The van der Waals surface area contributed by atoms with Gasteiger partial charge in [-0.3, -0.25) is 34.1 Å². The van der Waals surface area contributed by atoms with Gasteiger partial charge in [0.15, 0.2) is 0 Å². The molecule has 160 valence electrons. The summed E-state index contributed by atoms with van der Waals surface area (Å²) in [6, 6.07) is 6.35. The number of nitrogens with zero attached hydrogens (tertiary/aromatic N) is 3. The molecule has 5 rings (SSSR count). The molecule has 31 heavy (non-hydrogen) atoms. The van der Waals surface area contributed by atoms with Crippen molar-refractivity contribution in [1.82, 2.24) is 30.6 Å². The van der Waals surface area contributed by atoms with Gasteiger partial charge in [-0.2, -0.15) is 5.10 Å². The van der Waals surface area contributed by atoms with Crippen molar-refractivity contribution in [3.05, 3.63) is 52.8 Å². The molecule has 3 N–H and O–H groups in total. The Morgan fingerprint density at radius 1 is 1.10 bits per heavy atom. The average molecular weight is 422 g/mol. The molecule has 0 aliphatic carbocycles. The summed E-state index contributed by atoms with van der Waals surface area (Å²) in [5, 5.41) is 13.4. The van der Waals surface area contributed by atoms with Crippen molar-refractivity contribution in [1.29, 1.82) is 0 Å². The molecule has 1 aromatic carbocycles. The Balaban J connectivity index is 1.29. The van der Waals surface area contributed by atoms with Crippen molar-refractivity contribution in [3.63, 3.8) is 0 Å². The summed E-state index contributed by atoms with van der Waals surface area (Å²) < 4.78 is 1.97. The molecule has 1 saturated heterocycles. The Bertz CT molecular complexity index is 1090. The number of piperidine rings is 1. The first-order valence-electron chi connectivity index (χ1n) is 10.3. The molecule has 3 aliphatic rings. The molecule has 3 aliphatic heterocycles. The molecule has 2 unspecified atom stereocenters. The molecule has 0 spiro atoms. The topological polar surface area (TPSA) is 125 Å². The van der Waals surface area contributed by atoms with Crippen molar-refractivity contribution in [2.45, 2.75) is 44.6 Å². The molecule has 1 fully saturated rings. The van der Waals surface area contributed by atoms with E-state index >= 15 is 0 Å². The Morgan fingerprint density at radius 3 is 2.77 bits per heavy atom. The van der Waals surface area contributed by atoms with E-state index in [1.807, 2.05) is 16.8 Å². The van der Waals surface area contributed by atoms with Crippen LogP contribution < -0.4 is 16.0 Å². The van der Waals surface area contributed by atoms with Gasteiger partial charge in [-0.15, -0.1) is 0 Å². The smallest absolute Gasteiger partial charge is 0.262 e. The second-order valence-corrected chi connectivity index (χ2v) is 8.04. The number of fused-ring (bicyclic) bond motifs is 2. The highest BCUT2D eigenvalue weighted by atomic mass is 16.2. The number of hydrogen-bond donors (Lipinski definition) is 3. The first-order chi connectivity index (χ1) is 15.0. The number of carbonyl (C=O) groups is 4. The van der Waals surface area contributed by atoms with Gasteiger partial charge in [0, 0.05) is 38.3 Å². The summed E-state index contributed by atoms with van der Waals surface area (Å²) >= 11 is 0. The molecule has 0 bridgehead atoms. The van der Waals surface area contributed by atoms with Gasteiger partial charge in [-0.1, -0.05) is 6.07 Å². The number of aromatic nitrogens is 2. The fourth-order valence-electron chi connectivity index (χ4n) is 4.35. The first-order valence-corrected chi connectivity index (χ1v) is 10.3. The molecule has 2 atom stereocenters. The van der Waals surface area contributed by atoms with Crippen LogP contribution in [0.5, 0.6) is 0 Å². The molecule has 2 aromatic rings. The number of carbonyl (C=O) groups excluding carboxylic acids is 4. The minimum Gasteiger partial charge on any atom is -0.310 e. The number of rotatable bonds is 4. The van der Waals surface area contributed by atoms with Crippen LogP contribution in [0.3, 0.4) is 0 Å². The molecule has 0 radical (unpaired) electrons. The Hall–Kier alpha value is -3.37.